The van der Waals surface area contributed by atoms with Gasteiger partial charge in [0.25, 0.3) is 0 Å². The minimum absolute atomic E-state index is 0.0997. The van der Waals surface area contributed by atoms with E-state index in [0.29, 0.717) is 30.2 Å². The fraction of sp³-hybridized carbons (Fsp3) is 0.429. The molecule has 1 heterocycles. The predicted octanol–water partition coefficient (Wildman–Crippen LogP) is 2.18. The second-order valence-electron chi connectivity index (χ2n) is 4.71. The van der Waals surface area contributed by atoms with Gasteiger partial charge >= 0.3 is 5.97 Å². The van der Waals surface area contributed by atoms with Crippen LogP contribution in [0.3, 0.4) is 0 Å². The monoisotopic (exact) mass is 329 g/mol. The number of carbonyl (C=O) groups is 2. The van der Waals surface area contributed by atoms with Crippen LogP contribution in [-0.2, 0) is 14.3 Å². The summed E-state index contributed by atoms with van der Waals surface area (Å²) in [6.07, 6.45) is 0.197. The first-order valence-electron chi connectivity index (χ1n) is 6.58. The van der Waals surface area contributed by atoms with Gasteiger partial charge in [0, 0.05) is 16.5 Å². The van der Waals surface area contributed by atoms with E-state index >= 15 is 0 Å². The molecule has 5 nitrogen and oxygen atoms in total. The van der Waals surface area contributed by atoms with Gasteiger partial charge in [0.1, 0.15) is 0 Å². The van der Waals surface area contributed by atoms with Crippen LogP contribution in [0.25, 0.3) is 0 Å². The Labute approximate surface area is 132 Å². The molecule has 7 heteroatoms. The lowest BCUT2D eigenvalue weighted by Gasteiger charge is -2.12. The molecule has 1 aliphatic heterocycles. The summed E-state index contributed by atoms with van der Waals surface area (Å²) in [5.41, 5.74) is 0. The van der Waals surface area contributed by atoms with Gasteiger partial charge in [0.15, 0.2) is 6.10 Å². The van der Waals surface area contributed by atoms with Gasteiger partial charge < -0.3 is 15.2 Å². The number of aliphatic carboxylic acids is 1. The van der Waals surface area contributed by atoms with Crippen LogP contribution in [0.1, 0.15) is 12.8 Å². The Kier molecular flexibility index (Phi) is 5.90. The van der Waals surface area contributed by atoms with Gasteiger partial charge in [-0.3, -0.25) is 4.79 Å². The molecule has 2 atom stereocenters. The maximum Gasteiger partial charge on any atom is 0.332 e. The topological polar surface area (TPSA) is 75.6 Å². The van der Waals surface area contributed by atoms with E-state index in [-0.39, 0.29) is 12.0 Å². The molecule has 1 aromatic carbocycles. The number of carbonyl (C=O) groups excluding carboxylic acids is 1. The van der Waals surface area contributed by atoms with Crippen molar-refractivity contribution in [2.45, 2.75) is 29.9 Å². The summed E-state index contributed by atoms with van der Waals surface area (Å²) in [6.45, 7) is 0.351. The van der Waals surface area contributed by atoms with E-state index < -0.39 is 12.1 Å². The number of halogens is 1. The molecule has 0 aromatic heterocycles. The number of rotatable bonds is 6. The van der Waals surface area contributed by atoms with Crippen LogP contribution in [0.2, 0.25) is 5.02 Å². The summed E-state index contributed by atoms with van der Waals surface area (Å²) < 4.78 is 5.31. The van der Waals surface area contributed by atoms with Crippen molar-refractivity contribution in [3.05, 3.63) is 29.3 Å². The van der Waals surface area contributed by atoms with Crippen molar-refractivity contribution in [2.75, 3.05) is 12.3 Å². The quantitative estimate of drug-likeness (QED) is 0.782. The molecule has 21 heavy (non-hydrogen) atoms. The number of benzene rings is 1. The Morgan fingerprint density at radius 3 is 2.67 bits per heavy atom. The summed E-state index contributed by atoms with van der Waals surface area (Å²) >= 11 is 7.21. The van der Waals surface area contributed by atoms with Crippen molar-refractivity contribution in [2.24, 2.45) is 0 Å². The molecular formula is C14H16ClNO4S. The maximum absolute atomic E-state index is 11.7. The summed E-state index contributed by atoms with van der Waals surface area (Å²) in [4.78, 5) is 23.4. The van der Waals surface area contributed by atoms with E-state index in [4.69, 9.17) is 21.4 Å². The smallest absolute Gasteiger partial charge is 0.332 e. The van der Waals surface area contributed by atoms with Gasteiger partial charge in [-0.25, -0.2) is 4.79 Å². The number of thioether (sulfide) groups is 1. The molecule has 2 N–H and O–H groups in total. The summed E-state index contributed by atoms with van der Waals surface area (Å²) in [5.74, 6) is -0.740. The van der Waals surface area contributed by atoms with E-state index in [2.05, 4.69) is 5.32 Å². The van der Waals surface area contributed by atoms with Crippen molar-refractivity contribution in [3.8, 4) is 0 Å². The van der Waals surface area contributed by atoms with Crippen molar-refractivity contribution < 1.29 is 19.4 Å². The van der Waals surface area contributed by atoms with E-state index in [1.54, 1.807) is 12.1 Å². The number of carboxylic acids is 1. The lowest BCUT2D eigenvalue weighted by molar-refractivity contribution is -0.149. The van der Waals surface area contributed by atoms with E-state index in [9.17, 15) is 9.59 Å². The number of carboxylic acid groups (broad SMARTS) is 1. The maximum atomic E-state index is 11.7. The lowest BCUT2D eigenvalue weighted by Crippen LogP contribution is -2.34. The molecule has 1 amide bonds. The number of hydrogen-bond acceptors (Lipinski definition) is 4. The van der Waals surface area contributed by atoms with Crippen LogP contribution in [0.4, 0.5) is 0 Å². The SMILES string of the molecule is O=C(CSc1ccc(Cl)cc1)NCC1CCC(C(=O)O)O1. The molecule has 1 aliphatic rings. The Morgan fingerprint density at radius 1 is 1.33 bits per heavy atom. The molecule has 1 aromatic rings. The van der Waals surface area contributed by atoms with Crippen LogP contribution < -0.4 is 5.32 Å². The number of hydrogen-bond donors (Lipinski definition) is 2. The number of nitrogens with one attached hydrogen (secondary N) is 1. The van der Waals surface area contributed by atoms with E-state index in [1.165, 1.54) is 11.8 Å². The average Bonchev–Trinajstić information content (AvgIpc) is 2.93. The largest absolute Gasteiger partial charge is 0.479 e. The standard InChI is InChI=1S/C14H16ClNO4S/c15-9-1-4-11(5-2-9)21-8-13(17)16-7-10-3-6-12(20-10)14(18)19/h1-2,4-5,10,12H,3,6-8H2,(H,16,17)(H,18,19). The lowest BCUT2D eigenvalue weighted by atomic mass is 10.2. The molecular weight excluding hydrogens is 314 g/mol. The normalized spacial score (nSPS) is 21.2. The molecule has 1 saturated heterocycles. The van der Waals surface area contributed by atoms with Gasteiger partial charge in [-0.05, 0) is 37.1 Å². The molecule has 0 aliphatic carbocycles. The molecule has 2 rings (SSSR count). The van der Waals surface area contributed by atoms with Crippen LogP contribution in [0.15, 0.2) is 29.2 Å². The Hall–Kier alpha value is -1.24. The zero-order valence-electron chi connectivity index (χ0n) is 11.3. The molecule has 0 saturated carbocycles. The van der Waals surface area contributed by atoms with Gasteiger partial charge in [0.2, 0.25) is 5.91 Å². The predicted molar refractivity (Wildman–Crippen MR) is 80.7 cm³/mol. The molecule has 0 radical (unpaired) electrons. The molecule has 0 bridgehead atoms. The van der Waals surface area contributed by atoms with Gasteiger partial charge in [0.05, 0.1) is 11.9 Å². The highest BCUT2D eigenvalue weighted by atomic mass is 35.5. The second kappa shape index (κ2) is 7.68. The Morgan fingerprint density at radius 2 is 2.05 bits per heavy atom. The summed E-state index contributed by atoms with van der Waals surface area (Å²) in [5, 5.41) is 12.2. The van der Waals surface area contributed by atoms with Gasteiger partial charge in [-0.15, -0.1) is 11.8 Å². The van der Waals surface area contributed by atoms with Crippen molar-refractivity contribution >= 4 is 35.2 Å². The van der Waals surface area contributed by atoms with Gasteiger partial charge in [-0.2, -0.15) is 0 Å². The highest BCUT2D eigenvalue weighted by Gasteiger charge is 2.30. The zero-order valence-corrected chi connectivity index (χ0v) is 12.8. The van der Waals surface area contributed by atoms with Crippen molar-refractivity contribution in [3.63, 3.8) is 0 Å². The summed E-state index contributed by atoms with van der Waals surface area (Å²) in [7, 11) is 0. The fourth-order valence-corrected chi connectivity index (χ4v) is 2.85. The van der Waals surface area contributed by atoms with Crippen LogP contribution in [-0.4, -0.2) is 41.5 Å². The van der Waals surface area contributed by atoms with E-state index in [1.807, 2.05) is 12.1 Å². The van der Waals surface area contributed by atoms with Crippen LogP contribution in [0, 0.1) is 0 Å². The third-order valence-electron chi connectivity index (χ3n) is 3.09. The summed E-state index contributed by atoms with van der Waals surface area (Å²) in [6, 6.07) is 7.27. The van der Waals surface area contributed by atoms with Crippen LogP contribution in [0.5, 0.6) is 0 Å². The molecule has 0 spiro atoms. The van der Waals surface area contributed by atoms with Crippen molar-refractivity contribution in [1.82, 2.24) is 5.32 Å². The van der Waals surface area contributed by atoms with Crippen LogP contribution >= 0.6 is 23.4 Å². The Balaban J connectivity index is 1.66. The average molecular weight is 330 g/mol. The number of amides is 1. The van der Waals surface area contributed by atoms with Crippen molar-refractivity contribution in [1.29, 1.82) is 0 Å². The van der Waals surface area contributed by atoms with Gasteiger partial charge in [-0.1, -0.05) is 11.6 Å². The fourth-order valence-electron chi connectivity index (χ4n) is 2.00. The molecule has 1 fully saturated rings. The highest BCUT2D eigenvalue weighted by Crippen LogP contribution is 2.21. The highest BCUT2D eigenvalue weighted by molar-refractivity contribution is 8.00. The minimum Gasteiger partial charge on any atom is -0.479 e. The molecule has 114 valence electrons. The first-order valence-corrected chi connectivity index (χ1v) is 7.94. The van der Waals surface area contributed by atoms with E-state index in [0.717, 1.165) is 4.90 Å². The Bertz CT molecular complexity index is 508. The first kappa shape index (κ1) is 16.1. The molecule has 2 unspecified atom stereocenters. The third kappa shape index (κ3) is 5.22. The third-order valence-corrected chi connectivity index (χ3v) is 4.36. The first-order chi connectivity index (χ1) is 10.0. The zero-order chi connectivity index (χ0) is 15.2. The minimum atomic E-state index is -0.942. The number of ether oxygens (including phenoxy) is 1. The second-order valence-corrected chi connectivity index (χ2v) is 6.19.